The van der Waals surface area contributed by atoms with Crippen molar-refractivity contribution in [1.29, 1.82) is 0 Å². The number of carbonyl (C=O) groups is 2. The van der Waals surface area contributed by atoms with Crippen LogP contribution in [0.4, 0.5) is 23.4 Å². The van der Waals surface area contributed by atoms with Crippen LogP contribution in [0.2, 0.25) is 0 Å². The molecule has 2 N–H and O–H groups in total. The normalized spacial score (nSPS) is 17.8. The van der Waals surface area contributed by atoms with E-state index in [1.807, 2.05) is 6.07 Å². The number of para-hydroxylation sites is 1. The van der Waals surface area contributed by atoms with Gasteiger partial charge in [0.15, 0.2) is 0 Å². The third-order valence-electron chi connectivity index (χ3n) is 7.96. The molecule has 1 aromatic heterocycles. The summed E-state index contributed by atoms with van der Waals surface area (Å²) >= 11 is 0. The van der Waals surface area contributed by atoms with Crippen LogP contribution in [0.25, 0.3) is 5.69 Å². The monoisotopic (exact) mass is 681 g/mol. The van der Waals surface area contributed by atoms with Crippen molar-refractivity contribution in [2.75, 3.05) is 11.4 Å². The molecule has 4 aromatic rings. The molecular weight excluding hydrogens is 646 g/mol. The van der Waals surface area contributed by atoms with E-state index in [-0.39, 0.29) is 12.1 Å². The second-order valence-corrected chi connectivity index (χ2v) is 14.2. The molecule has 0 unspecified atom stereocenters. The van der Waals surface area contributed by atoms with Crippen LogP contribution in [0.15, 0.2) is 91.5 Å². The number of nitrogens with one attached hydrogen (secondary N) is 2. The number of rotatable bonds is 9. The molecule has 0 radical (unpaired) electrons. The van der Waals surface area contributed by atoms with E-state index in [1.54, 1.807) is 56.6 Å². The molecule has 1 aliphatic rings. The van der Waals surface area contributed by atoms with E-state index in [1.165, 1.54) is 41.3 Å². The number of amides is 2. The van der Waals surface area contributed by atoms with Gasteiger partial charge in [0.25, 0.3) is 11.8 Å². The first-order valence-electron chi connectivity index (χ1n) is 15.2. The van der Waals surface area contributed by atoms with Gasteiger partial charge in [-0.15, -0.1) is 6.58 Å². The standard InChI is InChI=1S/C35H35F4N5O3S/c1-6-26(42-48(47)34(3,4)5)29-28-27(21-16-18-24(36)19-17-21)30(40-31(45)22-12-11-13-23(20-22)35(37,38)39)33(46)43(7-2)32(28)44(41-29)25-14-9-8-10-15-25/h6,8-20,26-27,30,42H,1,7H2,2-5H3,(H,40,45)/t26-,27+,30+,48+/m1/s1. The fraction of sp³-hybridized carbons (Fsp3) is 0.286. The van der Waals surface area contributed by atoms with Crippen LogP contribution >= 0.6 is 0 Å². The second kappa shape index (κ2) is 13.5. The molecule has 0 spiro atoms. The maximum atomic E-state index is 14.4. The summed E-state index contributed by atoms with van der Waals surface area (Å²) in [6.45, 7) is 11.2. The van der Waals surface area contributed by atoms with Crippen LogP contribution in [0.5, 0.6) is 0 Å². The highest BCUT2D eigenvalue weighted by Gasteiger charge is 2.47. The molecule has 2 amide bonds. The van der Waals surface area contributed by atoms with Crippen molar-refractivity contribution in [2.45, 2.75) is 56.6 Å². The Balaban J connectivity index is 1.76. The molecule has 13 heteroatoms. The number of carbonyl (C=O) groups excluding carboxylic acids is 2. The number of hydrogen-bond acceptors (Lipinski definition) is 4. The number of aromatic nitrogens is 2. The summed E-state index contributed by atoms with van der Waals surface area (Å²) < 4.78 is 72.2. The first kappa shape index (κ1) is 34.7. The summed E-state index contributed by atoms with van der Waals surface area (Å²) in [5.41, 5.74) is 0.538. The molecule has 2 heterocycles. The average Bonchev–Trinajstić information content (AvgIpc) is 3.43. The predicted octanol–water partition coefficient (Wildman–Crippen LogP) is 6.61. The Hall–Kier alpha value is -4.62. The maximum Gasteiger partial charge on any atom is 0.416 e. The quantitative estimate of drug-likeness (QED) is 0.154. The van der Waals surface area contributed by atoms with E-state index in [9.17, 15) is 31.4 Å². The van der Waals surface area contributed by atoms with Crippen molar-refractivity contribution in [3.05, 3.63) is 125 Å². The van der Waals surface area contributed by atoms with Gasteiger partial charge < -0.3 is 5.32 Å². The van der Waals surface area contributed by atoms with Crippen LogP contribution in [-0.2, 0) is 22.0 Å². The average molecular weight is 682 g/mol. The van der Waals surface area contributed by atoms with E-state index in [4.69, 9.17) is 5.10 Å². The number of alkyl halides is 3. The highest BCUT2D eigenvalue weighted by Crippen LogP contribution is 2.45. The Labute approximate surface area is 278 Å². The summed E-state index contributed by atoms with van der Waals surface area (Å²) in [5.74, 6) is -2.62. The minimum Gasteiger partial charge on any atom is -0.339 e. The van der Waals surface area contributed by atoms with Crippen LogP contribution in [0, 0.1) is 5.82 Å². The number of hydrogen-bond donors (Lipinski definition) is 2. The maximum absolute atomic E-state index is 14.4. The number of halogens is 4. The first-order valence-corrected chi connectivity index (χ1v) is 16.3. The smallest absolute Gasteiger partial charge is 0.339 e. The Morgan fingerprint density at radius 2 is 1.71 bits per heavy atom. The van der Waals surface area contributed by atoms with Crippen molar-refractivity contribution in [3.8, 4) is 5.69 Å². The van der Waals surface area contributed by atoms with Gasteiger partial charge in [0.05, 0.1) is 38.7 Å². The van der Waals surface area contributed by atoms with Gasteiger partial charge in [0.2, 0.25) is 0 Å². The molecule has 0 aliphatic carbocycles. The number of benzene rings is 3. The summed E-state index contributed by atoms with van der Waals surface area (Å²) in [6.07, 6.45) is -3.16. The lowest BCUT2D eigenvalue weighted by Gasteiger charge is -2.39. The lowest BCUT2D eigenvalue weighted by atomic mass is 9.80. The molecule has 1 aliphatic heterocycles. The zero-order valence-electron chi connectivity index (χ0n) is 26.7. The van der Waals surface area contributed by atoms with Gasteiger partial charge in [-0.25, -0.2) is 18.0 Å². The van der Waals surface area contributed by atoms with Crippen molar-refractivity contribution in [3.63, 3.8) is 0 Å². The fourth-order valence-corrected chi connectivity index (χ4v) is 6.40. The van der Waals surface area contributed by atoms with Crippen molar-refractivity contribution in [1.82, 2.24) is 19.8 Å². The minimum atomic E-state index is -4.69. The van der Waals surface area contributed by atoms with Gasteiger partial charge in [-0.2, -0.15) is 18.3 Å². The van der Waals surface area contributed by atoms with Gasteiger partial charge >= 0.3 is 6.18 Å². The summed E-state index contributed by atoms with van der Waals surface area (Å²) in [5, 5.41) is 7.64. The van der Waals surface area contributed by atoms with Crippen LogP contribution in [0.1, 0.15) is 72.4 Å². The molecule has 0 bridgehead atoms. The molecule has 0 saturated heterocycles. The van der Waals surface area contributed by atoms with E-state index in [0.717, 1.165) is 18.2 Å². The topological polar surface area (TPSA) is 96.3 Å². The number of anilines is 1. The van der Waals surface area contributed by atoms with E-state index in [2.05, 4.69) is 16.6 Å². The van der Waals surface area contributed by atoms with Crippen LogP contribution in [0.3, 0.4) is 0 Å². The summed E-state index contributed by atoms with van der Waals surface area (Å²) in [7, 11) is -1.59. The molecule has 252 valence electrons. The molecule has 0 saturated carbocycles. The van der Waals surface area contributed by atoms with Gasteiger partial charge in [-0.05, 0) is 75.7 Å². The number of fused-ring (bicyclic) bond motifs is 1. The minimum absolute atomic E-state index is 0.135. The van der Waals surface area contributed by atoms with Crippen molar-refractivity contribution < 1.29 is 31.4 Å². The zero-order valence-corrected chi connectivity index (χ0v) is 27.5. The summed E-state index contributed by atoms with van der Waals surface area (Å²) in [4.78, 5) is 29.5. The molecule has 5 rings (SSSR count). The lowest BCUT2D eigenvalue weighted by Crippen LogP contribution is -2.55. The Bertz CT molecular complexity index is 1850. The van der Waals surface area contributed by atoms with E-state index in [0.29, 0.717) is 28.3 Å². The number of likely N-dealkylation sites (N-methyl/N-ethyl adjacent to an activating group) is 1. The lowest BCUT2D eigenvalue weighted by molar-refractivity contribution is -0.137. The predicted molar refractivity (Wildman–Crippen MR) is 177 cm³/mol. The highest BCUT2D eigenvalue weighted by molar-refractivity contribution is 7.84. The fourth-order valence-electron chi connectivity index (χ4n) is 5.61. The Morgan fingerprint density at radius 1 is 1.04 bits per heavy atom. The SMILES string of the molecule is C=C[C@@H](N[S@@](=O)C(C)(C)C)c1nn(-c2ccccc2)c2c1[C@H](c1ccc(F)cc1)[C@H](NC(=O)c1cccc(C(F)(F)F)c1)C(=O)N2CC. The first-order chi connectivity index (χ1) is 22.6. The Morgan fingerprint density at radius 3 is 2.29 bits per heavy atom. The third-order valence-corrected chi connectivity index (χ3v) is 9.54. The molecular formula is C35H35F4N5O3S. The van der Waals surface area contributed by atoms with Gasteiger partial charge in [-0.1, -0.05) is 42.5 Å². The van der Waals surface area contributed by atoms with Crippen molar-refractivity contribution >= 4 is 28.6 Å². The molecule has 8 nitrogen and oxygen atoms in total. The molecule has 3 aromatic carbocycles. The molecule has 48 heavy (non-hydrogen) atoms. The molecule has 0 fully saturated rings. The van der Waals surface area contributed by atoms with E-state index >= 15 is 0 Å². The largest absolute Gasteiger partial charge is 0.416 e. The second-order valence-electron chi connectivity index (χ2n) is 12.2. The van der Waals surface area contributed by atoms with Gasteiger partial charge in [0, 0.05) is 23.6 Å². The van der Waals surface area contributed by atoms with Crippen LogP contribution in [-0.4, -0.2) is 43.1 Å². The summed E-state index contributed by atoms with van der Waals surface area (Å²) in [6, 6.07) is 16.2. The van der Waals surface area contributed by atoms with E-state index < -0.39 is 63.1 Å². The Kier molecular flexibility index (Phi) is 9.74. The number of nitrogens with zero attached hydrogens (tertiary/aromatic N) is 3. The van der Waals surface area contributed by atoms with Gasteiger partial charge in [-0.3, -0.25) is 14.5 Å². The van der Waals surface area contributed by atoms with Gasteiger partial charge in [0.1, 0.15) is 17.7 Å². The third kappa shape index (κ3) is 6.83. The van der Waals surface area contributed by atoms with Crippen molar-refractivity contribution in [2.24, 2.45) is 0 Å². The molecule has 4 atom stereocenters. The van der Waals surface area contributed by atoms with Crippen LogP contribution < -0.4 is 14.9 Å². The zero-order chi connectivity index (χ0) is 35.0. The highest BCUT2D eigenvalue weighted by atomic mass is 32.2.